The van der Waals surface area contributed by atoms with E-state index in [-0.39, 0.29) is 17.6 Å². The fourth-order valence-electron chi connectivity index (χ4n) is 2.60. The zero-order valence-corrected chi connectivity index (χ0v) is 13.6. The van der Waals surface area contributed by atoms with E-state index in [0.29, 0.717) is 22.2 Å². The van der Waals surface area contributed by atoms with Gasteiger partial charge in [0.25, 0.3) is 5.91 Å². The van der Waals surface area contributed by atoms with Crippen molar-refractivity contribution in [3.63, 3.8) is 0 Å². The maximum Gasteiger partial charge on any atom is 0.256 e. The standard InChI is InChI=1S/C15H23N3O2S/c1-8(2)12(19)13-11(16)10(14(20)17-3)15(21-13)18-9-6-4-5-7-9/h8-9,18H,4-7,16H2,1-3H3,(H,17,20). The Bertz CT molecular complexity index is 545. The number of rotatable bonds is 5. The van der Waals surface area contributed by atoms with E-state index in [9.17, 15) is 9.59 Å². The molecule has 0 aromatic carbocycles. The van der Waals surface area contributed by atoms with Gasteiger partial charge in [0.05, 0.1) is 16.1 Å². The van der Waals surface area contributed by atoms with Crippen LogP contribution in [0.4, 0.5) is 10.7 Å². The van der Waals surface area contributed by atoms with Crippen LogP contribution in [0.3, 0.4) is 0 Å². The number of nitrogen functional groups attached to an aromatic ring is 1. The first kappa shape index (κ1) is 15.8. The van der Waals surface area contributed by atoms with E-state index >= 15 is 0 Å². The first-order valence-corrected chi connectivity index (χ1v) is 8.22. The molecule has 21 heavy (non-hydrogen) atoms. The third-order valence-electron chi connectivity index (χ3n) is 3.84. The van der Waals surface area contributed by atoms with Crippen molar-refractivity contribution < 1.29 is 9.59 Å². The van der Waals surface area contributed by atoms with Crippen molar-refractivity contribution >= 4 is 33.7 Å². The van der Waals surface area contributed by atoms with Crippen molar-refractivity contribution in [3.05, 3.63) is 10.4 Å². The predicted molar refractivity (Wildman–Crippen MR) is 87.2 cm³/mol. The summed E-state index contributed by atoms with van der Waals surface area (Å²) in [4.78, 5) is 24.8. The van der Waals surface area contributed by atoms with Gasteiger partial charge in [0.1, 0.15) is 5.00 Å². The lowest BCUT2D eigenvalue weighted by Gasteiger charge is -2.13. The molecule has 1 aromatic rings. The number of anilines is 2. The highest BCUT2D eigenvalue weighted by Crippen LogP contribution is 2.38. The molecule has 116 valence electrons. The number of carbonyl (C=O) groups is 2. The number of amides is 1. The highest BCUT2D eigenvalue weighted by atomic mass is 32.1. The minimum Gasteiger partial charge on any atom is -0.397 e. The Morgan fingerprint density at radius 1 is 1.29 bits per heavy atom. The van der Waals surface area contributed by atoms with Crippen molar-refractivity contribution in [1.29, 1.82) is 0 Å². The van der Waals surface area contributed by atoms with Gasteiger partial charge in [-0.1, -0.05) is 26.7 Å². The number of hydrogen-bond donors (Lipinski definition) is 3. The van der Waals surface area contributed by atoms with Crippen LogP contribution in [0.15, 0.2) is 0 Å². The molecule has 4 N–H and O–H groups in total. The Morgan fingerprint density at radius 2 is 1.90 bits per heavy atom. The number of Topliss-reactive ketones (excluding diaryl/α,β-unsaturated/α-hetero) is 1. The van der Waals surface area contributed by atoms with Gasteiger partial charge in [-0.05, 0) is 12.8 Å². The molecule has 5 nitrogen and oxygen atoms in total. The number of nitrogens with two attached hydrogens (primary N) is 1. The minimum atomic E-state index is -0.243. The molecule has 0 radical (unpaired) electrons. The molecular weight excluding hydrogens is 286 g/mol. The predicted octanol–water partition coefficient (Wildman–Crippen LogP) is 2.88. The minimum absolute atomic E-state index is 0.0119. The molecule has 1 fully saturated rings. The van der Waals surface area contributed by atoms with Crippen LogP contribution in [-0.2, 0) is 0 Å². The summed E-state index contributed by atoms with van der Waals surface area (Å²) in [6.45, 7) is 3.68. The first-order chi connectivity index (χ1) is 9.95. The number of carbonyl (C=O) groups excluding carboxylic acids is 2. The molecule has 1 saturated carbocycles. The van der Waals surface area contributed by atoms with Crippen LogP contribution in [0.2, 0.25) is 0 Å². The molecule has 0 spiro atoms. The van der Waals surface area contributed by atoms with Crippen LogP contribution in [0.25, 0.3) is 0 Å². The molecule has 1 aliphatic rings. The molecule has 1 amide bonds. The molecule has 0 atom stereocenters. The Morgan fingerprint density at radius 3 is 2.43 bits per heavy atom. The van der Waals surface area contributed by atoms with Crippen LogP contribution in [-0.4, -0.2) is 24.8 Å². The highest BCUT2D eigenvalue weighted by Gasteiger charge is 2.27. The summed E-state index contributed by atoms with van der Waals surface area (Å²) in [5.41, 5.74) is 6.80. The number of thiophene rings is 1. The van der Waals surface area contributed by atoms with E-state index in [1.54, 1.807) is 7.05 Å². The Hall–Kier alpha value is -1.56. The fourth-order valence-corrected chi connectivity index (χ4v) is 3.88. The molecule has 0 unspecified atom stereocenters. The number of ketones is 1. The average Bonchev–Trinajstić information content (AvgIpc) is 3.06. The molecule has 1 aromatic heterocycles. The maximum absolute atomic E-state index is 12.2. The Labute approximate surface area is 129 Å². The normalized spacial score (nSPS) is 15.4. The van der Waals surface area contributed by atoms with E-state index in [1.165, 1.54) is 24.2 Å². The third kappa shape index (κ3) is 3.20. The zero-order valence-electron chi connectivity index (χ0n) is 12.8. The first-order valence-electron chi connectivity index (χ1n) is 7.40. The second-order valence-electron chi connectivity index (χ2n) is 5.77. The molecule has 6 heteroatoms. The van der Waals surface area contributed by atoms with E-state index in [0.717, 1.165) is 17.8 Å². The van der Waals surface area contributed by atoms with Gasteiger partial charge in [0.15, 0.2) is 5.78 Å². The van der Waals surface area contributed by atoms with Gasteiger partial charge in [-0.2, -0.15) is 0 Å². The van der Waals surface area contributed by atoms with Gasteiger partial charge in [-0.25, -0.2) is 0 Å². The van der Waals surface area contributed by atoms with Gasteiger partial charge in [-0.15, -0.1) is 11.3 Å². The summed E-state index contributed by atoms with van der Waals surface area (Å²) in [6.07, 6.45) is 4.59. The molecule has 0 saturated heterocycles. The summed E-state index contributed by atoms with van der Waals surface area (Å²) in [5, 5.41) is 6.74. The average molecular weight is 309 g/mol. The number of hydrogen-bond acceptors (Lipinski definition) is 5. The molecule has 1 heterocycles. The van der Waals surface area contributed by atoms with Crippen molar-refractivity contribution in [2.45, 2.75) is 45.6 Å². The van der Waals surface area contributed by atoms with E-state index < -0.39 is 0 Å². The SMILES string of the molecule is CNC(=O)c1c(NC2CCCC2)sc(C(=O)C(C)C)c1N. The summed E-state index contributed by atoms with van der Waals surface area (Å²) in [7, 11) is 1.57. The second-order valence-corrected chi connectivity index (χ2v) is 6.79. The van der Waals surface area contributed by atoms with Crippen LogP contribution < -0.4 is 16.4 Å². The van der Waals surface area contributed by atoms with Crippen molar-refractivity contribution in [2.75, 3.05) is 18.1 Å². The summed E-state index contributed by atoms with van der Waals surface area (Å²) in [5.74, 6) is -0.392. The third-order valence-corrected chi connectivity index (χ3v) is 4.99. The molecule has 0 bridgehead atoms. The van der Waals surface area contributed by atoms with Crippen LogP contribution in [0, 0.1) is 5.92 Å². The summed E-state index contributed by atoms with van der Waals surface area (Å²) < 4.78 is 0. The second kappa shape index (κ2) is 6.47. The molecule has 2 rings (SSSR count). The molecule has 0 aliphatic heterocycles. The van der Waals surface area contributed by atoms with E-state index in [1.807, 2.05) is 13.8 Å². The lowest BCUT2D eigenvalue weighted by molar-refractivity contribution is 0.0944. The van der Waals surface area contributed by atoms with Gasteiger partial charge in [0.2, 0.25) is 0 Å². The van der Waals surface area contributed by atoms with Gasteiger partial charge in [-0.3, -0.25) is 9.59 Å². The van der Waals surface area contributed by atoms with Crippen molar-refractivity contribution in [1.82, 2.24) is 5.32 Å². The van der Waals surface area contributed by atoms with Crippen molar-refractivity contribution in [3.8, 4) is 0 Å². The number of nitrogens with one attached hydrogen (secondary N) is 2. The van der Waals surface area contributed by atoms with E-state index in [4.69, 9.17) is 5.73 Å². The van der Waals surface area contributed by atoms with E-state index in [2.05, 4.69) is 10.6 Å². The maximum atomic E-state index is 12.2. The quantitative estimate of drug-likeness (QED) is 0.730. The van der Waals surface area contributed by atoms with Crippen LogP contribution in [0.5, 0.6) is 0 Å². The summed E-state index contributed by atoms with van der Waals surface area (Å²) in [6, 6.07) is 0.369. The van der Waals surface area contributed by atoms with Crippen LogP contribution in [0.1, 0.15) is 59.6 Å². The van der Waals surface area contributed by atoms with Crippen molar-refractivity contribution in [2.24, 2.45) is 5.92 Å². The van der Waals surface area contributed by atoms with Crippen LogP contribution >= 0.6 is 11.3 Å². The Kier molecular flexibility index (Phi) is 4.88. The summed E-state index contributed by atoms with van der Waals surface area (Å²) >= 11 is 1.31. The van der Waals surface area contributed by atoms with Gasteiger partial charge >= 0.3 is 0 Å². The Balaban J connectivity index is 2.38. The smallest absolute Gasteiger partial charge is 0.256 e. The topological polar surface area (TPSA) is 84.2 Å². The monoisotopic (exact) mass is 309 g/mol. The van der Waals surface area contributed by atoms with Gasteiger partial charge < -0.3 is 16.4 Å². The fraction of sp³-hybridized carbons (Fsp3) is 0.600. The highest BCUT2D eigenvalue weighted by molar-refractivity contribution is 7.19. The zero-order chi connectivity index (χ0) is 15.6. The van der Waals surface area contributed by atoms with Gasteiger partial charge in [0, 0.05) is 19.0 Å². The molecular formula is C15H23N3O2S. The lowest BCUT2D eigenvalue weighted by atomic mass is 10.1. The molecule has 1 aliphatic carbocycles. The lowest BCUT2D eigenvalue weighted by Crippen LogP contribution is -2.22. The largest absolute Gasteiger partial charge is 0.397 e.